The van der Waals surface area contributed by atoms with Gasteiger partial charge in [-0.05, 0) is 58.3 Å². The number of benzene rings is 4. The lowest BCUT2D eigenvalue weighted by Gasteiger charge is -2.09. The van der Waals surface area contributed by atoms with Gasteiger partial charge in [-0.1, -0.05) is 68.4 Å². The summed E-state index contributed by atoms with van der Waals surface area (Å²) in [6.07, 6.45) is 0. The molecule has 140 valence electrons. The van der Waals surface area contributed by atoms with E-state index in [1.165, 1.54) is 0 Å². The molecule has 0 bridgehead atoms. The van der Waals surface area contributed by atoms with Gasteiger partial charge in [0.2, 0.25) is 0 Å². The first-order chi connectivity index (χ1) is 13.7. The highest BCUT2D eigenvalue weighted by molar-refractivity contribution is 6.13. The molecule has 1 amide bonds. The number of carbonyl (C=O) groups is 1. The molecule has 4 aromatic rings. The minimum Gasteiger partial charge on any atom is -0.508 e. The molecule has 0 heterocycles. The highest BCUT2D eigenvalue weighted by atomic mass is 16.3. The number of aromatic hydroxyl groups is 1. The Kier molecular flexibility index (Phi) is 6.07. The van der Waals surface area contributed by atoms with Crippen LogP contribution in [0.1, 0.15) is 24.2 Å². The van der Waals surface area contributed by atoms with E-state index in [4.69, 9.17) is 0 Å². The van der Waals surface area contributed by atoms with Crippen molar-refractivity contribution in [1.82, 2.24) is 0 Å². The van der Waals surface area contributed by atoms with Crippen LogP contribution in [0.3, 0.4) is 0 Å². The Balaban J connectivity index is 0.00000109. The van der Waals surface area contributed by atoms with Crippen LogP contribution in [0.25, 0.3) is 21.9 Å². The smallest absolute Gasteiger partial charge is 0.256 e. The zero-order valence-corrected chi connectivity index (χ0v) is 16.0. The van der Waals surface area contributed by atoms with Crippen LogP contribution in [-0.2, 0) is 0 Å². The predicted octanol–water partition coefficient (Wildman–Crippen LogP) is 6.49. The monoisotopic (exact) mass is 369 g/mol. The molecule has 4 rings (SSSR count). The van der Waals surface area contributed by atoms with Gasteiger partial charge in [0.15, 0.2) is 0 Å². The Morgan fingerprint density at radius 1 is 0.750 bits per heavy atom. The van der Waals surface area contributed by atoms with E-state index in [9.17, 15) is 9.90 Å². The van der Waals surface area contributed by atoms with Gasteiger partial charge >= 0.3 is 0 Å². The van der Waals surface area contributed by atoms with E-state index in [2.05, 4.69) is 17.4 Å². The minimum absolute atomic E-state index is 0.172. The molecule has 0 spiro atoms. The Bertz CT molecular complexity index is 1070. The number of amides is 1. The molecule has 0 atom stereocenters. The largest absolute Gasteiger partial charge is 0.508 e. The summed E-state index contributed by atoms with van der Waals surface area (Å²) < 4.78 is 0. The van der Waals surface area contributed by atoms with Crippen LogP contribution in [0.5, 0.6) is 5.75 Å². The number of fused-ring (bicyclic) bond motifs is 1. The second kappa shape index (κ2) is 8.87. The van der Waals surface area contributed by atoms with Gasteiger partial charge in [0, 0.05) is 11.3 Å². The molecule has 0 aliphatic rings. The number of phenolic OH excluding ortho intramolecular Hbond substituents is 1. The third kappa shape index (κ3) is 4.21. The second-order valence-electron chi connectivity index (χ2n) is 6.11. The summed E-state index contributed by atoms with van der Waals surface area (Å²) in [4.78, 5) is 12.7. The molecule has 3 nitrogen and oxygen atoms in total. The van der Waals surface area contributed by atoms with Crippen LogP contribution in [0.2, 0.25) is 0 Å². The standard InChI is InChI=1S/C23H17NO2.C2H6/c25-20-13-14-21-18(15-20)7-4-8-22(21)23(26)24-19-11-9-17(10-12-19)16-5-2-1-3-6-16;1-2/h1-15,25H,(H,24,26);1-2H3. The van der Waals surface area contributed by atoms with Crippen molar-refractivity contribution in [3.8, 4) is 16.9 Å². The number of rotatable bonds is 3. The first kappa shape index (κ1) is 19.2. The molecule has 0 unspecified atom stereocenters. The molecule has 0 radical (unpaired) electrons. The van der Waals surface area contributed by atoms with Gasteiger partial charge in [-0.3, -0.25) is 4.79 Å². The number of carbonyl (C=O) groups excluding carboxylic acids is 1. The van der Waals surface area contributed by atoms with Crippen molar-refractivity contribution >= 4 is 22.4 Å². The van der Waals surface area contributed by atoms with Crippen molar-refractivity contribution in [2.45, 2.75) is 13.8 Å². The summed E-state index contributed by atoms with van der Waals surface area (Å²) in [5.41, 5.74) is 3.56. The average Bonchev–Trinajstić information content (AvgIpc) is 2.75. The summed E-state index contributed by atoms with van der Waals surface area (Å²) >= 11 is 0. The molecular formula is C25H23NO2. The van der Waals surface area contributed by atoms with E-state index in [0.717, 1.165) is 27.6 Å². The van der Waals surface area contributed by atoms with E-state index in [-0.39, 0.29) is 11.7 Å². The number of phenols is 1. The van der Waals surface area contributed by atoms with Gasteiger partial charge in [-0.15, -0.1) is 0 Å². The maximum atomic E-state index is 12.7. The maximum absolute atomic E-state index is 12.7. The molecule has 28 heavy (non-hydrogen) atoms. The van der Waals surface area contributed by atoms with Gasteiger partial charge < -0.3 is 10.4 Å². The number of hydrogen-bond acceptors (Lipinski definition) is 2. The third-order valence-corrected chi connectivity index (χ3v) is 4.36. The van der Waals surface area contributed by atoms with Crippen molar-refractivity contribution in [1.29, 1.82) is 0 Å². The zero-order chi connectivity index (χ0) is 19.9. The average molecular weight is 369 g/mol. The van der Waals surface area contributed by atoms with Crippen molar-refractivity contribution < 1.29 is 9.90 Å². The Morgan fingerprint density at radius 3 is 2.14 bits per heavy atom. The zero-order valence-electron chi connectivity index (χ0n) is 16.0. The SMILES string of the molecule is CC.O=C(Nc1ccc(-c2ccccc2)cc1)c1cccc2cc(O)ccc12. The predicted molar refractivity (Wildman–Crippen MR) is 117 cm³/mol. The van der Waals surface area contributed by atoms with E-state index in [1.54, 1.807) is 24.3 Å². The Hall–Kier alpha value is -3.59. The number of hydrogen-bond donors (Lipinski definition) is 2. The highest BCUT2D eigenvalue weighted by Gasteiger charge is 2.10. The molecule has 4 aromatic carbocycles. The molecule has 0 fully saturated rings. The first-order valence-electron chi connectivity index (χ1n) is 9.39. The van der Waals surface area contributed by atoms with Gasteiger partial charge in [-0.2, -0.15) is 0 Å². The normalized spacial score (nSPS) is 10.1. The minimum atomic E-state index is -0.172. The summed E-state index contributed by atoms with van der Waals surface area (Å²) in [5, 5.41) is 14.2. The summed E-state index contributed by atoms with van der Waals surface area (Å²) in [6.45, 7) is 4.00. The van der Waals surface area contributed by atoms with Crippen LogP contribution in [0.15, 0.2) is 91.0 Å². The Morgan fingerprint density at radius 2 is 1.43 bits per heavy atom. The first-order valence-corrected chi connectivity index (χ1v) is 9.39. The van der Waals surface area contributed by atoms with Crippen LogP contribution >= 0.6 is 0 Å². The third-order valence-electron chi connectivity index (χ3n) is 4.36. The van der Waals surface area contributed by atoms with Crippen molar-refractivity contribution in [2.75, 3.05) is 5.32 Å². The maximum Gasteiger partial charge on any atom is 0.256 e. The van der Waals surface area contributed by atoms with Crippen molar-refractivity contribution in [3.63, 3.8) is 0 Å². The Labute approximate surface area is 165 Å². The topological polar surface area (TPSA) is 49.3 Å². The van der Waals surface area contributed by atoms with Crippen LogP contribution in [0.4, 0.5) is 5.69 Å². The molecule has 2 N–H and O–H groups in total. The number of nitrogens with one attached hydrogen (secondary N) is 1. The fourth-order valence-electron chi connectivity index (χ4n) is 3.04. The van der Waals surface area contributed by atoms with Crippen molar-refractivity contribution in [2.24, 2.45) is 0 Å². The van der Waals surface area contributed by atoms with E-state index in [0.29, 0.717) is 5.56 Å². The van der Waals surface area contributed by atoms with E-state index in [1.807, 2.05) is 68.4 Å². The molecule has 3 heteroatoms. The molecule has 0 saturated carbocycles. The molecule has 0 aliphatic carbocycles. The van der Waals surface area contributed by atoms with Gasteiger partial charge in [0.1, 0.15) is 5.75 Å². The van der Waals surface area contributed by atoms with Gasteiger partial charge in [-0.25, -0.2) is 0 Å². The van der Waals surface area contributed by atoms with Crippen molar-refractivity contribution in [3.05, 3.63) is 96.6 Å². The molecular weight excluding hydrogens is 346 g/mol. The molecule has 0 saturated heterocycles. The van der Waals surface area contributed by atoms with E-state index >= 15 is 0 Å². The fraction of sp³-hybridized carbons (Fsp3) is 0.0800. The van der Waals surface area contributed by atoms with Crippen LogP contribution in [-0.4, -0.2) is 11.0 Å². The summed E-state index contributed by atoms with van der Waals surface area (Å²) in [6, 6.07) is 28.4. The summed E-state index contributed by atoms with van der Waals surface area (Å²) in [5.74, 6) is 0.0142. The highest BCUT2D eigenvalue weighted by Crippen LogP contribution is 2.25. The lowest BCUT2D eigenvalue weighted by atomic mass is 10.0. The molecule has 0 aliphatic heterocycles. The quantitative estimate of drug-likeness (QED) is 0.433. The number of anilines is 1. The van der Waals surface area contributed by atoms with Crippen LogP contribution in [0, 0.1) is 0 Å². The lowest BCUT2D eigenvalue weighted by Crippen LogP contribution is -2.12. The fourth-order valence-corrected chi connectivity index (χ4v) is 3.04. The lowest BCUT2D eigenvalue weighted by molar-refractivity contribution is 0.102. The van der Waals surface area contributed by atoms with Gasteiger partial charge in [0.05, 0.1) is 0 Å². The molecule has 0 aromatic heterocycles. The van der Waals surface area contributed by atoms with Gasteiger partial charge in [0.25, 0.3) is 5.91 Å². The van der Waals surface area contributed by atoms with Crippen LogP contribution < -0.4 is 5.32 Å². The summed E-state index contributed by atoms with van der Waals surface area (Å²) in [7, 11) is 0. The van der Waals surface area contributed by atoms with E-state index < -0.39 is 0 Å². The second-order valence-corrected chi connectivity index (χ2v) is 6.11.